The molecule has 0 aliphatic carbocycles. The third-order valence-corrected chi connectivity index (χ3v) is 0.898. The van der Waals surface area contributed by atoms with E-state index in [-0.39, 0.29) is 0 Å². The largest absolute Gasteiger partial charge is 0.377 e. The first kappa shape index (κ1) is 8.70. The van der Waals surface area contributed by atoms with Gasteiger partial charge in [-0.25, -0.2) is 0 Å². The summed E-state index contributed by atoms with van der Waals surface area (Å²) in [5, 5.41) is 0. The van der Waals surface area contributed by atoms with Crippen LogP contribution < -0.4 is 0 Å². The van der Waals surface area contributed by atoms with Crippen LogP contribution in [0.2, 0.25) is 0 Å². The highest BCUT2D eigenvalue weighted by molar-refractivity contribution is 4.92. The summed E-state index contributed by atoms with van der Waals surface area (Å²) in [4.78, 5) is 0. The molecule has 0 N–H and O–H groups in total. The van der Waals surface area contributed by atoms with Crippen molar-refractivity contribution in [1.82, 2.24) is 0 Å². The molecule has 0 spiro atoms. The van der Waals surface area contributed by atoms with E-state index in [1.165, 1.54) is 5.57 Å². The molecule has 0 aromatic rings. The van der Waals surface area contributed by atoms with Gasteiger partial charge in [-0.15, -0.1) is 0 Å². The maximum Gasteiger partial charge on any atom is 0.0649 e. The van der Waals surface area contributed by atoms with Crippen LogP contribution in [0.4, 0.5) is 0 Å². The van der Waals surface area contributed by atoms with Crippen LogP contribution in [0.3, 0.4) is 0 Å². The second-order valence-electron chi connectivity index (χ2n) is 2.21. The lowest BCUT2D eigenvalue weighted by molar-refractivity contribution is 0.166. The van der Waals surface area contributed by atoms with E-state index in [9.17, 15) is 0 Å². The van der Waals surface area contributed by atoms with Gasteiger partial charge in [0.2, 0.25) is 0 Å². The fraction of sp³-hybridized carbons (Fsp3) is 0.625. The summed E-state index contributed by atoms with van der Waals surface area (Å²) in [7, 11) is 0. The van der Waals surface area contributed by atoms with Gasteiger partial charge in [0, 0.05) is 6.61 Å². The number of ether oxygens (including phenoxy) is 1. The first-order valence-corrected chi connectivity index (χ1v) is 3.27. The zero-order chi connectivity index (χ0) is 7.11. The van der Waals surface area contributed by atoms with E-state index in [1.54, 1.807) is 0 Å². The molecule has 0 saturated carbocycles. The molecule has 9 heavy (non-hydrogen) atoms. The molecule has 53 valence electrons. The summed E-state index contributed by atoms with van der Waals surface area (Å²) in [6.07, 6.45) is 2.92. The molecule has 0 aromatic heterocycles. The molecule has 1 radical (unpaired) electrons. The van der Waals surface area contributed by atoms with Crippen LogP contribution in [0.25, 0.3) is 0 Å². The minimum absolute atomic E-state index is 0.734. The van der Waals surface area contributed by atoms with Crippen LogP contribution in [0, 0.1) is 6.92 Å². The Morgan fingerprint density at radius 1 is 1.56 bits per heavy atom. The van der Waals surface area contributed by atoms with E-state index < -0.39 is 0 Å². The smallest absolute Gasteiger partial charge is 0.0649 e. The molecule has 0 atom stereocenters. The highest BCUT2D eigenvalue weighted by Crippen LogP contribution is 1.88. The van der Waals surface area contributed by atoms with Gasteiger partial charge in [-0.3, -0.25) is 0 Å². The Labute approximate surface area is 57.7 Å². The first-order valence-electron chi connectivity index (χ1n) is 3.27. The lowest BCUT2D eigenvalue weighted by Crippen LogP contribution is -1.92. The number of allylic oxidation sites excluding steroid dienone is 1. The van der Waals surface area contributed by atoms with Crippen molar-refractivity contribution >= 4 is 0 Å². The van der Waals surface area contributed by atoms with Crippen LogP contribution in [0.5, 0.6) is 0 Å². The zero-order valence-corrected chi connectivity index (χ0v) is 6.31. The molecule has 1 heteroatoms. The lowest BCUT2D eigenvalue weighted by Gasteiger charge is -1.95. The molecule has 0 bridgehead atoms. The van der Waals surface area contributed by atoms with Crippen LogP contribution in [-0.4, -0.2) is 13.2 Å². The monoisotopic (exact) mass is 127 g/mol. The molecule has 0 unspecified atom stereocenters. The van der Waals surface area contributed by atoms with Gasteiger partial charge in [0.1, 0.15) is 0 Å². The Balaban J connectivity index is 3.00. The molecular weight excluding hydrogens is 112 g/mol. The molecule has 1 nitrogen and oxygen atoms in total. The van der Waals surface area contributed by atoms with Crippen molar-refractivity contribution in [3.05, 3.63) is 18.6 Å². The molecule has 0 aliphatic heterocycles. The second kappa shape index (κ2) is 5.83. The summed E-state index contributed by atoms with van der Waals surface area (Å²) >= 11 is 0. The summed E-state index contributed by atoms with van der Waals surface area (Å²) in [5.74, 6) is 0. The van der Waals surface area contributed by atoms with E-state index in [2.05, 4.69) is 26.8 Å². The van der Waals surface area contributed by atoms with Gasteiger partial charge in [0.05, 0.1) is 6.61 Å². The number of hydrogen-bond donors (Lipinski definition) is 0. The maximum atomic E-state index is 5.15. The maximum absolute atomic E-state index is 5.15. The average molecular weight is 127 g/mol. The number of rotatable bonds is 4. The second-order valence-corrected chi connectivity index (χ2v) is 2.21. The quantitative estimate of drug-likeness (QED) is 0.415. The van der Waals surface area contributed by atoms with E-state index in [4.69, 9.17) is 4.74 Å². The molecule has 0 aromatic carbocycles. The SMILES string of the molecule is [CH2]CCOCC=C(C)C. The third-order valence-electron chi connectivity index (χ3n) is 0.898. The molecule has 0 aliphatic rings. The summed E-state index contributed by atoms with van der Waals surface area (Å²) in [6, 6.07) is 0. The van der Waals surface area contributed by atoms with Crippen LogP contribution >= 0.6 is 0 Å². The minimum atomic E-state index is 0.734. The predicted molar refractivity (Wildman–Crippen MR) is 40.2 cm³/mol. The van der Waals surface area contributed by atoms with Gasteiger partial charge in [-0.1, -0.05) is 18.6 Å². The van der Waals surface area contributed by atoms with E-state index in [1.807, 2.05) is 0 Å². The van der Waals surface area contributed by atoms with Crippen molar-refractivity contribution in [1.29, 1.82) is 0 Å². The molecule has 0 amide bonds. The standard InChI is InChI=1S/C8H15O/c1-4-6-9-7-5-8(2)3/h5H,1,4,6-7H2,2-3H3. The Kier molecular flexibility index (Phi) is 5.64. The van der Waals surface area contributed by atoms with Gasteiger partial charge >= 0.3 is 0 Å². The summed E-state index contributed by atoms with van der Waals surface area (Å²) in [6.45, 7) is 9.28. The highest BCUT2D eigenvalue weighted by Gasteiger charge is 1.79. The van der Waals surface area contributed by atoms with Gasteiger partial charge in [0.25, 0.3) is 0 Å². The van der Waals surface area contributed by atoms with E-state index >= 15 is 0 Å². The molecule has 0 saturated heterocycles. The third kappa shape index (κ3) is 7.70. The molecule has 0 fully saturated rings. The normalized spacial score (nSPS) is 9.22. The van der Waals surface area contributed by atoms with Crippen molar-refractivity contribution in [2.75, 3.05) is 13.2 Å². The van der Waals surface area contributed by atoms with Gasteiger partial charge in [-0.2, -0.15) is 0 Å². The summed E-state index contributed by atoms with van der Waals surface area (Å²) < 4.78 is 5.15. The van der Waals surface area contributed by atoms with Crippen molar-refractivity contribution in [2.45, 2.75) is 20.3 Å². The first-order chi connectivity index (χ1) is 4.27. The highest BCUT2D eigenvalue weighted by atomic mass is 16.5. The van der Waals surface area contributed by atoms with E-state index in [0.29, 0.717) is 0 Å². The van der Waals surface area contributed by atoms with Gasteiger partial charge < -0.3 is 4.74 Å². The topological polar surface area (TPSA) is 9.23 Å². The van der Waals surface area contributed by atoms with E-state index in [0.717, 1.165) is 19.6 Å². The van der Waals surface area contributed by atoms with Crippen molar-refractivity contribution < 1.29 is 4.74 Å². The lowest BCUT2D eigenvalue weighted by atomic mass is 10.3. The average Bonchev–Trinajstić information content (AvgIpc) is 1.80. The molecule has 0 heterocycles. The fourth-order valence-corrected chi connectivity index (χ4v) is 0.411. The van der Waals surface area contributed by atoms with Crippen molar-refractivity contribution in [3.63, 3.8) is 0 Å². The van der Waals surface area contributed by atoms with Crippen LogP contribution in [0.15, 0.2) is 11.6 Å². The summed E-state index contributed by atoms with van der Waals surface area (Å²) in [5.41, 5.74) is 1.30. The minimum Gasteiger partial charge on any atom is -0.377 e. The Hall–Kier alpha value is -0.300. The Bertz CT molecular complexity index is 80.6. The van der Waals surface area contributed by atoms with Crippen molar-refractivity contribution in [2.24, 2.45) is 0 Å². The molecular formula is C8H15O. The van der Waals surface area contributed by atoms with Crippen LogP contribution in [-0.2, 0) is 4.74 Å². The Morgan fingerprint density at radius 3 is 2.67 bits per heavy atom. The fourth-order valence-electron chi connectivity index (χ4n) is 0.411. The molecule has 0 rings (SSSR count). The van der Waals surface area contributed by atoms with Crippen LogP contribution in [0.1, 0.15) is 20.3 Å². The van der Waals surface area contributed by atoms with Crippen molar-refractivity contribution in [3.8, 4) is 0 Å². The Morgan fingerprint density at radius 2 is 2.22 bits per heavy atom. The predicted octanol–water partition coefficient (Wildman–Crippen LogP) is 2.19. The van der Waals surface area contributed by atoms with Gasteiger partial charge in [-0.05, 0) is 20.3 Å². The van der Waals surface area contributed by atoms with Gasteiger partial charge in [0.15, 0.2) is 0 Å². The zero-order valence-electron chi connectivity index (χ0n) is 6.31. The number of hydrogen-bond acceptors (Lipinski definition) is 1.